The van der Waals surface area contributed by atoms with Crippen LogP contribution in [0.2, 0.25) is 0 Å². The highest BCUT2D eigenvalue weighted by Crippen LogP contribution is 2.06. The molecule has 0 amide bonds. The summed E-state index contributed by atoms with van der Waals surface area (Å²) in [6.45, 7) is 8.79. The van der Waals surface area contributed by atoms with E-state index in [0.29, 0.717) is 6.04 Å². The van der Waals surface area contributed by atoms with E-state index in [-0.39, 0.29) is 0 Å². The van der Waals surface area contributed by atoms with Gasteiger partial charge in [0.25, 0.3) is 0 Å². The lowest BCUT2D eigenvalue weighted by Crippen LogP contribution is -2.15. The molecule has 92 valence electrons. The van der Waals surface area contributed by atoms with E-state index in [1.807, 2.05) is 4.68 Å². The van der Waals surface area contributed by atoms with Crippen LogP contribution >= 0.6 is 0 Å². The predicted molar refractivity (Wildman–Crippen MR) is 68.7 cm³/mol. The zero-order valence-electron chi connectivity index (χ0n) is 10.9. The molecule has 0 fully saturated rings. The van der Waals surface area contributed by atoms with Crippen LogP contribution in [0.3, 0.4) is 0 Å². The molecular weight excluding hydrogens is 198 g/mol. The fraction of sp³-hybridized carbons (Fsp3) is 0.769. The Balaban J connectivity index is 2.12. The normalized spacial score (nSPS) is 11.2. The van der Waals surface area contributed by atoms with Gasteiger partial charge in [0.1, 0.15) is 0 Å². The van der Waals surface area contributed by atoms with Gasteiger partial charge in [-0.05, 0) is 58.7 Å². The first-order valence-corrected chi connectivity index (χ1v) is 6.48. The molecule has 0 aromatic carbocycles. The second-order valence-electron chi connectivity index (χ2n) is 4.59. The van der Waals surface area contributed by atoms with Gasteiger partial charge in [0.2, 0.25) is 0 Å². The lowest BCUT2D eigenvalue weighted by Gasteiger charge is -2.04. The molecule has 0 saturated heterocycles. The number of unbranched alkanes of at least 4 members (excludes halogenated alkanes) is 1. The Morgan fingerprint density at radius 3 is 2.75 bits per heavy atom. The quantitative estimate of drug-likeness (QED) is 0.687. The fourth-order valence-corrected chi connectivity index (χ4v) is 1.66. The maximum Gasteiger partial charge on any atom is 0.0624 e. The van der Waals surface area contributed by atoms with Crippen LogP contribution in [0.15, 0.2) is 12.3 Å². The number of nitrogens with zero attached hydrogens (tertiary/aromatic N) is 2. The molecule has 1 aromatic rings. The Hall–Kier alpha value is -0.830. The van der Waals surface area contributed by atoms with Gasteiger partial charge in [0, 0.05) is 12.2 Å². The zero-order valence-corrected chi connectivity index (χ0v) is 10.9. The Kier molecular flexibility index (Phi) is 6.16. The standard InChI is InChI=1S/C13H25N3/c1-4-9-14-10-6-5-7-13-8-11-16(15-13)12(2)3/h8,11-12,14H,4-7,9-10H2,1-3H3. The summed E-state index contributed by atoms with van der Waals surface area (Å²) >= 11 is 0. The van der Waals surface area contributed by atoms with Crippen molar-refractivity contribution >= 4 is 0 Å². The highest BCUT2D eigenvalue weighted by atomic mass is 15.3. The van der Waals surface area contributed by atoms with E-state index < -0.39 is 0 Å². The van der Waals surface area contributed by atoms with Crippen molar-refractivity contribution in [1.82, 2.24) is 15.1 Å². The van der Waals surface area contributed by atoms with Crippen molar-refractivity contribution in [3.05, 3.63) is 18.0 Å². The second-order valence-corrected chi connectivity index (χ2v) is 4.59. The molecule has 3 heteroatoms. The molecule has 0 unspecified atom stereocenters. The first-order chi connectivity index (χ1) is 7.74. The molecule has 1 aromatic heterocycles. The number of aromatic nitrogens is 2. The van der Waals surface area contributed by atoms with Crippen LogP contribution in [0.25, 0.3) is 0 Å². The number of rotatable bonds is 8. The number of aryl methyl sites for hydroxylation is 1. The van der Waals surface area contributed by atoms with Gasteiger partial charge in [-0.3, -0.25) is 4.68 Å². The molecule has 0 spiro atoms. The molecule has 0 saturated carbocycles. The molecule has 0 radical (unpaired) electrons. The van der Waals surface area contributed by atoms with Crippen LogP contribution in [-0.4, -0.2) is 22.9 Å². The maximum atomic E-state index is 4.54. The molecule has 1 N–H and O–H groups in total. The van der Waals surface area contributed by atoms with Gasteiger partial charge >= 0.3 is 0 Å². The van der Waals surface area contributed by atoms with Gasteiger partial charge in [-0.15, -0.1) is 0 Å². The van der Waals surface area contributed by atoms with E-state index in [1.54, 1.807) is 0 Å². The molecule has 1 rings (SSSR count). The minimum Gasteiger partial charge on any atom is -0.317 e. The van der Waals surface area contributed by atoms with Crippen molar-refractivity contribution in [2.75, 3.05) is 13.1 Å². The van der Waals surface area contributed by atoms with Crippen molar-refractivity contribution in [3.8, 4) is 0 Å². The molecule has 0 bridgehead atoms. The number of nitrogens with one attached hydrogen (secondary N) is 1. The van der Waals surface area contributed by atoms with Crippen molar-refractivity contribution < 1.29 is 0 Å². The van der Waals surface area contributed by atoms with Crippen LogP contribution in [0.4, 0.5) is 0 Å². The topological polar surface area (TPSA) is 29.9 Å². The van der Waals surface area contributed by atoms with Crippen LogP contribution in [0.1, 0.15) is 51.8 Å². The monoisotopic (exact) mass is 223 g/mol. The van der Waals surface area contributed by atoms with Crippen LogP contribution in [-0.2, 0) is 6.42 Å². The molecule has 3 nitrogen and oxygen atoms in total. The van der Waals surface area contributed by atoms with Crippen molar-refractivity contribution in [1.29, 1.82) is 0 Å². The Bertz CT molecular complexity index is 278. The fourth-order valence-electron chi connectivity index (χ4n) is 1.66. The molecular formula is C13H25N3. The van der Waals surface area contributed by atoms with E-state index in [1.165, 1.54) is 25.0 Å². The van der Waals surface area contributed by atoms with E-state index >= 15 is 0 Å². The lowest BCUT2D eigenvalue weighted by atomic mass is 10.2. The minimum atomic E-state index is 0.472. The summed E-state index contributed by atoms with van der Waals surface area (Å²) in [4.78, 5) is 0. The average molecular weight is 223 g/mol. The third-order valence-corrected chi connectivity index (χ3v) is 2.66. The maximum absolute atomic E-state index is 4.54. The SMILES string of the molecule is CCCNCCCCc1ccn(C(C)C)n1. The third-order valence-electron chi connectivity index (χ3n) is 2.66. The second kappa shape index (κ2) is 7.44. The molecule has 16 heavy (non-hydrogen) atoms. The average Bonchev–Trinajstić information content (AvgIpc) is 2.72. The van der Waals surface area contributed by atoms with Crippen molar-refractivity contribution in [2.24, 2.45) is 0 Å². The van der Waals surface area contributed by atoms with Crippen LogP contribution in [0, 0.1) is 0 Å². The van der Waals surface area contributed by atoms with Gasteiger partial charge in [-0.25, -0.2) is 0 Å². The molecule has 0 aliphatic rings. The van der Waals surface area contributed by atoms with Gasteiger partial charge in [-0.2, -0.15) is 5.10 Å². The highest BCUT2D eigenvalue weighted by Gasteiger charge is 2.01. The van der Waals surface area contributed by atoms with E-state index in [0.717, 1.165) is 19.5 Å². The van der Waals surface area contributed by atoms with E-state index in [9.17, 15) is 0 Å². The lowest BCUT2D eigenvalue weighted by molar-refractivity contribution is 0.523. The van der Waals surface area contributed by atoms with E-state index in [2.05, 4.69) is 43.4 Å². The first-order valence-electron chi connectivity index (χ1n) is 6.48. The smallest absolute Gasteiger partial charge is 0.0624 e. The third kappa shape index (κ3) is 4.79. The molecule has 0 aliphatic carbocycles. The number of hydrogen-bond acceptors (Lipinski definition) is 2. The largest absolute Gasteiger partial charge is 0.317 e. The summed E-state index contributed by atoms with van der Waals surface area (Å²) in [5, 5.41) is 7.96. The first kappa shape index (κ1) is 13.2. The summed E-state index contributed by atoms with van der Waals surface area (Å²) in [5.74, 6) is 0. The summed E-state index contributed by atoms with van der Waals surface area (Å²) < 4.78 is 2.03. The van der Waals surface area contributed by atoms with Crippen LogP contribution < -0.4 is 5.32 Å². The Labute approximate surface area is 99.2 Å². The highest BCUT2D eigenvalue weighted by molar-refractivity contribution is 4.99. The summed E-state index contributed by atoms with van der Waals surface area (Å²) in [6, 6.07) is 2.61. The van der Waals surface area contributed by atoms with E-state index in [4.69, 9.17) is 0 Å². The summed E-state index contributed by atoms with van der Waals surface area (Å²) in [7, 11) is 0. The summed E-state index contributed by atoms with van der Waals surface area (Å²) in [6.07, 6.45) is 6.88. The van der Waals surface area contributed by atoms with Gasteiger partial charge in [0.05, 0.1) is 5.69 Å². The van der Waals surface area contributed by atoms with Gasteiger partial charge in [-0.1, -0.05) is 6.92 Å². The molecule has 1 heterocycles. The minimum absolute atomic E-state index is 0.472. The summed E-state index contributed by atoms with van der Waals surface area (Å²) in [5.41, 5.74) is 1.23. The Morgan fingerprint density at radius 1 is 1.31 bits per heavy atom. The predicted octanol–water partition coefficient (Wildman–Crippen LogP) is 2.79. The zero-order chi connectivity index (χ0) is 11.8. The van der Waals surface area contributed by atoms with Crippen molar-refractivity contribution in [2.45, 2.75) is 52.5 Å². The van der Waals surface area contributed by atoms with Crippen LogP contribution in [0.5, 0.6) is 0 Å². The van der Waals surface area contributed by atoms with Gasteiger partial charge < -0.3 is 5.32 Å². The molecule has 0 aliphatic heterocycles. The van der Waals surface area contributed by atoms with Gasteiger partial charge in [0.15, 0.2) is 0 Å². The molecule has 0 atom stereocenters. The Morgan fingerprint density at radius 2 is 2.12 bits per heavy atom. The number of hydrogen-bond donors (Lipinski definition) is 1. The van der Waals surface area contributed by atoms with Crippen molar-refractivity contribution in [3.63, 3.8) is 0 Å².